The van der Waals surface area contributed by atoms with Crippen molar-refractivity contribution < 1.29 is 18.7 Å². The van der Waals surface area contributed by atoms with Gasteiger partial charge in [0.25, 0.3) is 5.91 Å². The van der Waals surface area contributed by atoms with Crippen LogP contribution >= 0.6 is 0 Å². The fourth-order valence-corrected chi connectivity index (χ4v) is 2.72. The fourth-order valence-electron chi connectivity index (χ4n) is 2.72. The lowest BCUT2D eigenvalue weighted by molar-refractivity contribution is -0.160. The number of likely N-dealkylation sites (N-methyl/N-ethyl adjacent to an activating group) is 1. The molecule has 0 spiro atoms. The number of morpholine rings is 1. The standard InChI is InChI=1S/C18H17FN2O3/c1-21-15(22)11-24-17(16(21)12-7-9-13(19)10-8-12)18(23)20-14-5-3-2-4-6-14/h2-10,16-17H,11H2,1H3,(H,20,23). The van der Waals surface area contributed by atoms with E-state index in [1.807, 2.05) is 18.2 Å². The Hall–Kier alpha value is -2.73. The van der Waals surface area contributed by atoms with E-state index in [2.05, 4.69) is 5.32 Å². The van der Waals surface area contributed by atoms with E-state index >= 15 is 0 Å². The van der Waals surface area contributed by atoms with E-state index in [1.165, 1.54) is 17.0 Å². The SMILES string of the molecule is CN1C(=O)COC(C(=O)Nc2ccccc2)C1c1ccc(F)cc1. The number of nitrogens with zero attached hydrogens (tertiary/aromatic N) is 1. The third kappa shape index (κ3) is 3.28. The predicted molar refractivity (Wildman–Crippen MR) is 86.7 cm³/mol. The van der Waals surface area contributed by atoms with Crippen molar-refractivity contribution in [2.75, 3.05) is 19.0 Å². The van der Waals surface area contributed by atoms with Crippen LogP contribution in [0.1, 0.15) is 11.6 Å². The number of para-hydroxylation sites is 1. The molecule has 0 radical (unpaired) electrons. The molecule has 1 N–H and O–H groups in total. The topological polar surface area (TPSA) is 58.6 Å². The maximum absolute atomic E-state index is 13.2. The summed E-state index contributed by atoms with van der Waals surface area (Å²) < 4.78 is 18.7. The smallest absolute Gasteiger partial charge is 0.256 e. The van der Waals surface area contributed by atoms with E-state index in [1.54, 1.807) is 31.3 Å². The first-order chi connectivity index (χ1) is 11.6. The second-order valence-corrected chi connectivity index (χ2v) is 5.59. The van der Waals surface area contributed by atoms with Gasteiger partial charge in [-0.3, -0.25) is 9.59 Å². The quantitative estimate of drug-likeness (QED) is 0.941. The van der Waals surface area contributed by atoms with Gasteiger partial charge in [0.15, 0.2) is 6.10 Å². The number of amides is 2. The van der Waals surface area contributed by atoms with Gasteiger partial charge in [0.2, 0.25) is 5.91 Å². The summed E-state index contributed by atoms with van der Waals surface area (Å²) in [5.74, 6) is -0.960. The molecule has 1 heterocycles. The Morgan fingerprint density at radius 2 is 1.83 bits per heavy atom. The van der Waals surface area contributed by atoms with Gasteiger partial charge in [0.1, 0.15) is 12.4 Å². The molecule has 1 fully saturated rings. The Balaban J connectivity index is 1.87. The fraction of sp³-hybridized carbons (Fsp3) is 0.222. The van der Waals surface area contributed by atoms with Crippen molar-refractivity contribution in [2.24, 2.45) is 0 Å². The summed E-state index contributed by atoms with van der Waals surface area (Å²) in [6, 6.07) is 14.1. The molecule has 0 bridgehead atoms. The largest absolute Gasteiger partial charge is 0.356 e. The zero-order valence-electron chi connectivity index (χ0n) is 13.1. The minimum Gasteiger partial charge on any atom is -0.356 e. The van der Waals surface area contributed by atoms with Crippen LogP contribution in [0.2, 0.25) is 0 Å². The number of halogens is 1. The van der Waals surface area contributed by atoms with Crippen LogP contribution < -0.4 is 5.32 Å². The third-order valence-corrected chi connectivity index (χ3v) is 4.00. The van der Waals surface area contributed by atoms with Crippen molar-refractivity contribution in [2.45, 2.75) is 12.1 Å². The van der Waals surface area contributed by atoms with Crippen molar-refractivity contribution in [1.29, 1.82) is 0 Å². The highest BCUT2D eigenvalue weighted by Gasteiger charge is 2.40. The number of hydrogen-bond acceptors (Lipinski definition) is 3. The highest BCUT2D eigenvalue weighted by Crippen LogP contribution is 2.30. The van der Waals surface area contributed by atoms with Gasteiger partial charge in [-0.25, -0.2) is 4.39 Å². The van der Waals surface area contributed by atoms with E-state index in [4.69, 9.17) is 4.74 Å². The molecule has 1 saturated heterocycles. The van der Waals surface area contributed by atoms with E-state index in [0.29, 0.717) is 11.3 Å². The van der Waals surface area contributed by atoms with Crippen molar-refractivity contribution in [3.63, 3.8) is 0 Å². The van der Waals surface area contributed by atoms with Gasteiger partial charge in [0.05, 0.1) is 6.04 Å². The zero-order valence-corrected chi connectivity index (χ0v) is 13.1. The van der Waals surface area contributed by atoms with E-state index in [9.17, 15) is 14.0 Å². The normalized spacial score (nSPS) is 20.8. The zero-order chi connectivity index (χ0) is 17.1. The molecule has 0 aliphatic carbocycles. The average molecular weight is 328 g/mol. The monoisotopic (exact) mass is 328 g/mol. The van der Waals surface area contributed by atoms with Crippen LogP contribution in [-0.2, 0) is 14.3 Å². The summed E-state index contributed by atoms with van der Waals surface area (Å²) in [6.07, 6.45) is -0.877. The van der Waals surface area contributed by atoms with Crippen LogP contribution in [0.15, 0.2) is 54.6 Å². The number of anilines is 1. The molecule has 1 aliphatic heterocycles. The van der Waals surface area contributed by atoms with Crippen LogP contribution in [0.3, 0.4) is 0 Å². The lowest BCUT2D eigenvalue weighted by Gasteiger charge is -2.38. The summed E-state index contributed by atoms with van der Waals surface area (Å²) in [6.45, 7) is -0.166. The first kappa shape index (κ1) is 16.1. The maximum atomic E-state index is 13.2. The summed E-state index contributed by atoms with van der Waals surface area (Å²) in [5, 5.41) is 2.78. The Bertz CT molecular complexity index is 734. The summed E-state index contributed by atoms with van der Waals surface area (Å²) in [7, 11) is 1.61. The first-order valence-corrected chi connectivity index (χ1v) is 7.55. The number of carbonyl (C=O) groups is 2. The second kappa shape index (κ2) is 6.80. The van der Waals surface area contributed by atoms with Gasteiger partial charge in [0, 0.05) is 12.7 Å². The second-order valence-electron chi connectivity index (χ2n) is 5.59. The molecule has 1 aliphatic rings. The number of ether oxygens (including phenoxy) is 1. The molecule has 5 nitrogen and oxygen atoms in total. The van der Waals surface area contributed by atoms with E-state index < -0.39 is 12.1 Å². The molecule has 6 heteroatoms. The van der Waals surface area contributed by atoms with Gasteiger partial charge >= 0.3 is 0 Å². The third-order valence-electron chi connectivity index (χ3n) is 4.00. The Morgan fingerprint density at radius 1 is 1.17 bits per heavy atom. The van der Waals surface area contributed by atoms with E-state index in [0.717, 1.165) is 0 Å². The molecule has 2 aromatic carbocycles. The molecule has 2 aromatic rings. The lowest BCUT2D eigenvalue weighted by atomic mass is 9.97. The van der Waals surface area contributed by atoms with Gasteiger partial charge in [-0.1, -0.05) is 30.3 Å². The van der Waals surface area contributed by atoms with Crippen LogP contribution in [0.4, 0.5) is 10.1 Å². The Labute approximate surface area is 139 Å². The minimum atomic E-state index is -0.877. The minimum absolute atomic E-state index is 0.166. The molecule has 2 atom stereocenters. The molecule has 2 unspecified atom stereocenters. The van der Waals surface area contributed by atoms with Crippen LogP contribution in [0.5, 0.6) is 0 Å². The lowest BCUT2D eigenvalue weighted by Crippen LogP contribution is -2.51. The predicted octanol–water partition coefficient (Wildman–Crippen LogP) is 2.36. The maximum Gasteiger partial charge on any atom is 0.256 e. The van der Waals surface area contributed by atoms with Gasteiger partial charge in [-0.05, 0) is 29.8 Å². The van der Waals surface area contributed by atoms with Gasteiger partial charge in [-0.2, -0.15) is 0 Å². The van der Waals surface area contributed by atoms with Crippen LogP contribution in [0, 0.1) is 5.82 Å². The number of benzene rings is 2. The van der Waals surface area contributed by atoms with Crippen LogP contribution in [0.25, 0.3) is 0 Å². The Morgan fingerprint density at radius 3 is 2.50 bits per heavy atom. The molecule has 3 rings (SSSR count). The number of hydrogen-bond donors (Lipinski definition) is 1. The van der Waals surface area contributed by atoms with E-state index in [-0.39, 0.29) is 24.2 Å². The first-order valence-electron chi connectivity index (χ1n) is 7.55. The Kier molecular flexibility index (Phi) is 4.57. The van der Waals surface area contributed by atoms with Crippen molar-refractivity contribution in [3.05, 3.63) is 66.0 Å². The molecule has 24 heavy (non-hydrogen) atoms. The van der Waals surface area contributed by atoms with Gasteiger partial charge < -0.3 is 15.0 Å². The average Bonchev–Trinajstić information content (AvgIpc) is 2.59. The summed E-state index contributed by atoms with van der Waals surface area (Å²) >= 11 is 0. The number of nitrogens with one attached hydrogen (secondary N) is 1. The molecule has 124 valence electrons. The van der Waals surface area contributed by atoms with Gasteiger partial charge in [-0.15, -0.1) is 0 Å². The molecular formula is C18H17FN2O3. The van der Waals surface area contributed by atoms with Crippen molar-refractivity contribution >= 4 is 17.5 Å². The molecule has 0 aromatic heterocycles. The summed E-state index contributed by atoms with van der Waals surface area (Å²) in [5.41, 5.74) is 1.28. The number of rotatable bonds is 3. The highest BCUT2D eigenvalue weighted by molar-refractivity contribution is 5.96. The highest BCUT2D eigenvalue weighted by atomic mass is 19.1. The molecule has 2 amide bonds. The van der Waals surface area contributed by atoms with Crippen molar-refractivity contribution in [1.82, 2.24) is 4.90 Å². The number of carbonyl (C=O) groups excluding carboxylic acids is 2. The van der Waals surface area contributed by atoms with Crippen molar-refractivity contribution in [3.8, 4) is 0 Å². The molecular weight excluding hydrogens is 311 g/mol. The van der Waals surface area contributed by atoms with Crippen LogP contribution in [-0.4, -0.2) is 36.5 Å². The summed E-state index contributed by atoms with van der Waals surface area (Å²) in [4.78, 5) is 26.1. The molecule has 0 saturated carbocycles.